The van der Waals surface area contributed by atoms with Crippen LogP contribution in [0.3, 0.4) is 0 Å². The number of carbonyl (C=O) groups excluding carboxylic acids is 12. The molecule has 0 aromatic rings. The molecule has 0 radical (unpaired) electrons. The second-order valence-electron chi connectivity index (χ2n) is 31.7. The van der Waals surface area contributed by atoms with Gasteiger partial charge in [-0.15, -0.1) is 0 Å². The van der Waals surface area contributed by atoms with E-state index in [1.54, 1.807) is 46.8 Å². The summed E-state index contributed by atoms with van der Waals surface area (Å²) >= 11 is 2.43. The van der Waals surface area contributed by atoms with Gasteiger partial charge < -0.3 is 65.2 Å². The summed E-state index contributed by atoms with van der Waals surface area (Å²) in [7, 11) is 10.6. The predicted molar refractivity (Wildman–Crippen MR) is 391 cm³/mol. The molecule has 3 aliphatic carbocycles. The van der Waals surface area contributed by atoms with E-state index in [1.165, 1.54) is 69.5 Å². The van der Waals surface area contributed by atoms with Crippen LogP contribution >= 0.6 is 22.6 Å². The third-order valence-corrected chi connectivity index (χ3v) is 24.2. The predicted octanol–water partition coefficient (Wildman–Crippen LogP) is 6.05. The lowest BCUT2D eigenvalue weighted by atomic mass is 9.82. The van der Waals surface area contributed by atoms with Crippen LogP contribution in [0, 0.1) is 35.5 Å². The topological polar surface area (TPSA) is 288 Å². The van der Waals surface area contributed by atoms with Crippen molar-refractivity contribution in [2.24, 2.45) is 35.5 Å². The molecule has 2 unspecified atom stereocenters. The SMILES string of the molecule is CC[C@H](C)[C@@H]1NC(=O)[C@H](CC(C)C)N(C)C(=O)C[C@@H](C(=O)N2CCCCC2)N(C)C(=O)[C@H](CC(C)C)NC(=O)C(C)(C)N(C)C(=O)[C@H](CC2CCC(OC)CC2)NC(=O)[C@H](CC2CCCC(I)C2)NC(=O)CN(C)C(=O)[C@H](CC2CCCCC2)N(C)C(=O)[C@@H]2CCN2C(=O)[C@H](C)N(C)C1=O. The Hall–Kier alpha value is -5.67. The Balaban J connectivity index is 1.44. The van der Waals surface area contributed by atoms with Crippen LogP contribution in [-0.2, 0) is 62.3 Å². The van der Waals surface area contributed by atoms with Crippen molar-refractivity contribution in [2.45, 2.75) is 286 Å². The Morgan fingerprint density at radius 3 is 1.74 bits per heavy atom. The molecule has 3 saturated carbocycles. The highest BCUT2D eigenvalue weighted by Crippen LogP contribution is 2.35. The molecule has 4 N–H and O–H groups in total. The Kier molecular flexibility index (Phi) is 31.8. The van der Waals surface area contributed by atoms with E-state index in [9.17, 15) is 28.8 Å². The van der Waals surface area contributed by atoms with E-state index in [0.717, 1.165) is 77.0 Å². The Labute approximate surface area is 610 Å². The smallest absolute Gasteiger partial charge is 0.246 e. The zero-order valence-corrected chi connectivity index (χ0v) is 65.5. The zero-order chi connectivity index (χ0) is 74.2. The second-order valence-corrected chi connectivity index (χ2v) is 33.5. The van der Waals surface area contributed by atoms with Crippen LogP contribution in [0.2, 0.25) is 0 Å². The number of fused-ring (bicyclic) bond motifs is 1. The fourth-order valence-electron chi connectivity index (χ4n) is 15.6. The highest BCUT2D eigenvalue weighted by molar-refractivity contribution is 14.1. The molecule has 6 fully saturated rings. The number of nitrogens with zero attached hydrogens (tertiary/aromatic N) is 8. The molecule has 0 bridgehead atoms. The number of hydrogen-bond acceptors (Lipinski definition) is 13. The van der Waals surface area contributed by atoms with Gasteiger partial charge in [-0.1, -0.05) is 115 Å². The fraction of sp³-hybridized carbons (Fsp3) is 0.838. The van der Waals surface area contributed by atoms with Gasteiger partial charge in [-0.2, -0.15) is 0 Å². The number of likely N-dealkylation sites (tertiary alicyclic amines) is 1. The average Bonchev–Trinajstić information content (AvgIpc) is 0.456. The number of likely N-dealkylation sites (N-methyl/N-ethyl adjacent to an activating group) is 6. The summed E-state index contributed by atoms with van der Waals surface area (Å²) in [6.45, 7) is 16.4. The van der Waals surface area contributed by atoms with Crippen LogP contribution in [0.5, 0.6) is 0 Å². The van der Waals surface area contributed by atoms with Crippen molar-refractivity contribution >= 4 is 93.5 Å². The molecule has 566 valence electrons. The maximum Gasteiger partial charge on any atom is 0.246 e. The Bertz CT molecular complexity index is 2840. The Morgan fingerprint density at radius 1 is 0.560 bits per heavy atom. The third-order valence-electron chi connectivity index (χ3n) is 23.1. The summed E-state index contributed by atoms with van der Waals surface area (Å²) in [4.78, 5) is 191. The van der Waals surface area contributed by atoms with Crippen molar-refractivity contribution < 1.29 is 62.3 Å². The first-order chi connectivity index (χ1) is 47.1. The molecule has 3 aliphatic heterocycles. The highest BCUT2D eigenvalue weighted by Gasteiger charge is 2.48. The first kappa shape index (κ1) is 83.3. The molecule has 100 heavy (non-hydrogen) atoms. The Morgan fingerprint density at radius 2 is 1.16 bits per heavy atom. The van der Waals surface area contributed by atoms with Gasteiger partial charge in [0.2, 0.25) is 70.9 Å². The van der Waals surface area contributed by atoms with E-state index in [1.807, 2.05) is 34.6 Å². The average molecular weight is 1520 g/mol. The summed E-state index contributed by atoms with van der Waals surface area (Å²) in [6.07, 6.45) is 14.6. The molecular weight excluding hydrogens is 1390 g/mol. The lowest BCUT2D eigenvalue weighted by Gasteiger charge is -2.45. The van der Waals surface area contributed by atoms with Crippen LogP contribution < -0.4 is 21.3 Å². The molecule has 25 nitrogen and oxygen atoms in total. The van der Waals surface area contributed by atoms with Crippen molar-refractivity contribution in [3.8, 4) is 0 Å². The van der Waals surface area contributed by atoms with Gasteiger partial charge in [0.1, 0.15) is 59.9 Å². The summed E-state index contributed by atoms with van der Waals surface area (Å²) in [5.41, 5.74) is -1.68. The van der Waals surface area contributed by atoms with Crippen LogP contribution in [0.25, 0.3) is 0 Å². The van der Waals surface area contributed by atoms with Crippen molar-refractivity contribution in [2.75, 3.05) is 75.6 Å². The number of rotatable bonds is 14. The number of hydrogen-bond donors (Lipinski definition) is 4. The van der Waals surface area contributed by atoms with Crippen LogP contribution in [0.4, 0.5) is 0 Å². The molecule has 3 saturated heterocycles. The first-order valence-electron chi connectivity index (χ1n) is 37.7. The van der Waals surface area contributed by atoms with Gasteiger partial charge in [0.15, 0.2) is 0 Å². The summed E-state index contributed by atoms with van der Waals surface area (Å²) in [5.74, 6) is -7.66. The quantitative estimate of drug-likeness (QED) is 0.114. The molecule has 6 aliphatic rings. The first-order valence-corrected chi connectivity index (χ1v) is 38.9. The van der Waals surface area contributed by atoms with E-state index in [4.69, 9.17) is 4.74 Å². The lowest BCUT2D eigenvalue weighted by Crippen LogP contribution is -2.65. The zero-order valence-electron chi connectivity index (χ0n) is 63.4. The maximum absolute atomic E-state index is 15.5. The minimum Gasteiger partial charge on any atom is -0.381 e. The molecule has 12 amide bonds. The van der Waals surface area contributed by atoms with Gasteiger partial charge in [-0.05, 0) is 153 Å². The highest BCUT2D eigenvalue weighted by atomic mass is 127. The van der Waals surface area contributed by atoms with E-state index < -0.39 is 150 Å². The number of carbonyl (C=O) groups is 12. The van der Waals surface area contributed by atoms with E-state index >= 15 is 28.8 Å². The number of alkyl halides is 1. The van der Waals surface area contributed by atoms with Crippen molar-refractivity contribution in [3.05, 3.63) is 0 Å². The largest absolute Gasteiger partial charge is 0.381 e. The van der Waals surface area contributed by atoms with Crippen LogP contribution in [0.1, 0.15) is 216 Å². The van der Waals surface area contributed by atoms with Gasteiger partial charge >= 0.3 is 0 Å². The lowest BCUT2D eigenvalue weighted by molar-refractivity contribution is -0.160. The van der Waals surface area contributed by atoms with Gasteiger partial charge in [0, 0.05) is 73.0 Å². The molecule has 0 aromatic heterocycles. The number of methoxy groups -OCH3 is 1. The second kappa shape index (κ2) is 38.2. The maximum atomic E-state index is 15.5. The molecular formula is C74H125IN12O13. The van der Waals surface area contributed by atoms with E-state index in [2.05, 4.69) is 43.9 Å². The van der Waals surface area contributed by atoms with Crippen molar-refractivity contribution in [3.63, 3.8) is 0 Å². The summed E-state index contributed by atoms with van der Waals surface area (Å²) in [5, 5.41) is 12.0. The molecule has 26 heteroatoms. The number of ether oxygens (including phenoxy) is 1. The van der Waals surface area contributed by atoms with E-state index in [0.29, 0.717) is 62.0 Å². The number of nitrogens with one attached hydrogen (secondary N) is 4. The van der Waals surface area contributed by atoms with Gasteiger partial charge in [-0.3, -0.25) is 57.5 Å². The van der Waals surface area contributed by atoms with Crippen LogP contribution in [0.15, 0.2) is 0 Å². The van der Waals surface area contributed by atoms with Gasteiger partial charge in [0.05, 0.1) is 19.1 Å². The third kappa shape index (κ3) is 21.9. The number of halogens is 1. The molecule has 6 rings (SSSR count). The summed E-state index contributed by atoms with van der Waals surface area (Å²) < 4.78 is 6.05. The van der Waals surface area contributed by atoms with Crippen LogP contribution in [-0.4, -0.2) is 256 Å². The van der Waals surface area contributed by atoms with Crippen molar-refractivity contribution in [1.29, 1.82) is 0 Å². The monoisotopic (exact) mass is 1520 g/mol. The molecule has 3 heterocycles. The van der Waals surface area contributed by atoms with Crippen molar-refractivity contribution in [1.82, 2.24) is 60.5 Å². The molecule has 0 aromatic carbocycles. The standard InChI is InChI=1S/C74H125IN12O13/c1-17-47(6)63-72(98)81(11)48(7)66(92)87-36-33-57(87)70(96)84(14)59(42-49-25-20-18-21-26-49)69(95)80(10)44-61(88)76-54(41-51-27-24-28-52(75)39-51)64(90)77-56(40-50-29-31-53(100-16)32-30-50)68(94)85(15)74(8,9)73(99)78-55(37-45(2)3)67(93)83(13)60(71(97)86-34-22-19-23-35-86)43-62(89)82(12)58(38-46(4)5)65(91)79-63/h45-60,63H,17-44H2,1-16H3,(H,76,88)(H,77,90)(H,78,99)(H,79,91)/t47-,48-,50?,51?,52?,53?,54-,55-,56-,57-,58-,59-,60-,63-/m0/s1. The van der Waals surface area contributed by atoms with Gasteiger partial charge in [0.25, 0.3) is 0 Å². The summed E-state index contributed by atoms with van der Waals surface area (Å²) in [6, 6.07) is -10.4. The number of amides is 12. The van der Waals surface area contributed by atoms with Gasteiger partial charge in [-0.25, -0.2) is 0 Å². The van der Waals surface area contributed by atoms with E-state index in [-0.39, 0.29) is 67.9 Å². The molecule has 0 spiro atoms. The number of piperidine rings is 1. The minimum atomic E-state index is -1.68. The normalized spacial score (nSPS) is 31.1. The fourth-order valence-corrected chi connectivity index (χ4v) is 16.8. The molecule has 12 atom stereocenters. The minimum absolute atomic E-state index is 0.0333.